The lowest BCUT2D eigenvalue weighted by Gasteiger charge is -2.25. The zero-order chi connectivity index (χ0) is 33.0. The van der Waals surface area contributed by atoms with Crippen LogP contribution in [0.5, 0.6) is 5.75 Å². The maximum atomic E-state index is 12.4. The standard InChI is InChI=1S/C26H34N4O3.C7H6O4S/c1-4-7-21-19-8-5-9-22(31)20(19)11-12-23(21)33-15-6-14-26(2,3)17-29-25(32)18-10-13-24(30-27)28-16-18;8-5-6-3-1-2-4-7(6)12(9,10)11/h4,10-13,16H,1,5-9,14-15,17,27H2,2-3H3,(H,28,30)(H,29,32);1-5H,(H,9,10,11). The highest BCUT2D eigenvalue weighted by Gasteiger charge is 2.23. The molecule has 11 nitrogen and oxygen atoms in total. The number of nitrogens with zero attached hydrogens (tertiary/aromatic N) is 1. The number of ether oxygens (including phenoxy) is 1. The summed E-state index contributed by atoms with van der Waals surface area (Å²) in [6.07, 6.45) is 8.61. The smallest absolute Gasteiger partial charge is 0.295 e. The largest absolute Gasteiger partial charge is 0.493 e. The number of anilines is 1. The number of nitrogens with two attached hydrogens (primary N) is 1. The number of aldehydes is 1. The summed E-state index contributed by atoms with van der Waals surface area (Å²) in [5.41, 5.74) is 5.86. The Morgan fingerprint density at radius 2 is 1.91 bits per heavy atom. The molecule has 0 atom stereocenters. The molecule has 1 aliphatic carbocycles. The summed E-state index contributed by atoms with van der Waals surface area (Å²) in [6, 6.07) is 12.6. The average Bonchev–Trinajstić information content (AvgIpc) is 3.03. The van der Waals surface area contributed by atoms with E-state index >= 15 is 0 Å². The molecular weight excluding hydrogens is 596 g/mol. The van der Waals surface area contributed by atoms with Crippen LogP contribution in [0.25, 0.3) is 0 Å². The second kappa shape index (κ2) is 16.1. The predicted molar refractivity (Wildman–Crippen MR) is 172 cm³/mol. The van der Waals surface area contributed by atoms with Gasteiger partial charge in [0.2, 0.25) is 0 Å². The highest BCUT2D eigenvalue weighted by atomic mass is 32.2. The van der Waals surface area contributed by atoms with Crippen molar-refractivity contribution in [3.05, 3.63) is 95.2 Å². The number of aromatic nitrogens is 1. The number of benzene rings is 2. The van der Waals surface area contributed by atoms with Crippen LogP contribution in [-0.2, 0) is 23.0 Å². The summed E-state index contributed by atoms with van der Waals surface area (Å²) in [7, 11) is -4.28. The highest BCUT2D eigenvalue weighted by Crippen LogP contribution is 2.32. The number of Topliss-reactive ketones (excluding diaryl/α,β-unsaturated/α-hetero) is 1. The van der Waals surface area contributed by atoms with E-state index < -0.39 is 10.1 Å². The van der Waals surface area contributed by atoms with Gasteiger partial charge in [-0.2, -0.15) is 8.42 Å². The van der Waals surface area contributed by atoms with E-state index in [4.69, 9.17) is 15.1 Å². The average molecular weight is 637 g/mol. The lowest BCUT2D eigenvalue weighted by atomic mass is 9.86. The number of hydrogen-bond donors (Lipinski definition) is 4. The van der Waals surface area contributed by atoms with E-state index in [9.17, 15) is 22.8 Å². The molecule has 3 aromatic rings. The molecule has 1 aromatic heterocycles. The molecule has 1 aliphatic rings. The SMILES string of the molecule is C=CCc1c(OCCCC(C)(C)CNC(=O)c2ccc(NN)nc2)ccc2c1CCCC2=O.O=Cc1ccccc1S(=O)(=O)O. The van der Waals surface area contributed by atoms with E-state index in [-0.39, 0.29) is 27.6 Å². The Balaban J connectivity index is 0.000000385. The lowest BCUT2D eigenvalue weighted by Crippen LogP contribution is -2.34. The molecular formula is C33H40N4O7S. The molecule has 2 aromatic carbocycles. The van der Waals surface area contributed by atoms with Crippen LogP contribution in [0.3, 0.4) is 0 Å². The topological polar surface area (TPSA) is 178 Å². The summed E-state index contributed by atoms with van der Waals surface area (Å²) in [4.78, 5) is 38.6. The molecule has 12 heteroatoms. The number of fused-ring (bicyclic) bond motifs is 1. The lowest BCUT2D eigenvalue weighted by molar-refractivity contribution is 0.0931. The Morgan fingerprint density at radius 1 is 1.16 bits per heavy atom. The second-order valence-electron chi connectivity index (χ2n) is 11.3. The summed E-state index contributed by atoms with van der Waals surface area (Å²) in [5, 5.41) is 2.99. The Morgan fingerprint density at radius 3 is 2.53 bits per heavy atom. The van der Waals surface area contributed by atoms with Crippen molar-refractivity contribution < 1.29 is 32.1 Å². The molecule has 0 bridgehead atoms. The van der Waals surface area contributed by atoms with Gasteiger partial charge in [-0.1, -0.05) is 38.1 Å². The van der Waals surface area contributed by atoms with Crippen LogP contribution in [0.15, 0.2) is 72.3 Å². The molecule has 240 valence electrons. The van der Waals surface area contributed by atoms with E-state index in [1.807, 2.05) is 18.2 Å². The minimum absolute atomic E-state index is 0.0417. The third-order valence-electron chi connectivity index (χ3n) is 7.35. The van der Waals surface area contributed by atoms with Crippen LogP contribution in [0.1, 0.15) is 81.7 Å². The molecule has 0 radical (unpaired) electrons. The maximum absolute atomic E-state index is 12.4. The number of pyridine rings is 1. The first-order chi connectivity index (χ1) is 21.4. The summed E-state index contributed by atoms with van der Waals surface area (Å²) >= 11 is 0. The number of rotatable bonds is 13. The fourth-order valence-electron chi connectivity index (χ4n) is 4.95. The zero-order valence-electron chi connectivity index (χ0n) is 25.5. The van der Waals surface area contributed by atoms with E-state index in [1.165, 1.54) is 30.5 Å². The zero-order valence-corrected chi connectivity index (χ0v) is 26.4. The number of hydrogen-bond acceptors (Lipinski definition) is 9. The van der Waals surface area contributed by atoms with Gasteiger partial charge in [0.15, 0.2) is 12.1 Å². The molecule has 0 aliphatic heterocycles. The number of allylic oxidation sites excluding steroid dienone is 1. The normalized spacial score (nSPS) is 12.7. The molecule has 5 N–H and O–H groups in total. The number of hydrazine groups is 1. The minimum Gasteiger partial charge on any atom is -0.493 e. The van der Waals surface area contributed by atoms with Gasteiger partial charge in [-0.25, -0.2) is 10.8 Å². The van der Waals surface area contributed by atoms with Gasteiger partial charge in [-0.15, -0.1) is 6.58 Å². The summed E-state index contributed by atoms with van der Waals surface area (Å²) in [6.45, 7) is 9.24. The van der Waals surface area contributed by atoms with E-state index in [2.05, 4.69) is 36.2 Å². The van der Waals surface area contributed by atoms with Crippen LogP contribution >= 0.6 is 0 Å². The monoisotopic (exact) mass is 636 g/mol. The van der Waals surface area contributed by atoms with E-state index in [1.54, 1.807) is 12.1 Å². The number of nitrogens with one attached hydrogen (secondary N) is 2. The predicted octanol–water partition coefficient (Wildman–Crippen LogP) is 4.98. The molecule has 4 rings (SSSR count). The second-order valence-corrected chi connectivity index (χ2v) is 12.7. The molecule has 0 fully saturated rings. The van der Waals surface area contributed by atoms with E-state index in [0.29, 0.717) is 43.7 Å². The third kappa shape index (κ3) is 10.1. The first-order valence-corrected chi connectivity index (χ1v) is 16.0. The van der Waals surface area contributed by atoms with E-state index in [0.717, 1.165) is 48.1 Å². The van der Waals surface area contributed by atoms with Crippen molar-refractivity contribution in [3.8, 4) is 5.75 Å². The number of carbonyl (C=O) groups is 3. The van der Waals surface area contributed by atoms with Crippen LogP contribution in [0.4, 0.5) is 5.82 Å². The number of carbonyl (C=O) groups excluding carboxylic acids is 3. The Labute approximate surface area is 264 Å². The van der Waals surface area contributed by atoms with Crippen molar-refractivity contribution in [1.29, 1.82) is 0 Å². The van der Waals surface area contributed by atoms with Crippen molar-refractivity contribution in [2.75, 3.05) is 18.6 Å². The van der Waals surface area contributed by atoms with Crippen LogP contribution in [0, 0.1) is 5.41 Å². The molecule has 0 spiro atoms. The van der Waals surface area contributed by atoms with Gasteiger partial charge in [-0.05, 0) is 73.4 Å². The molecule has 0 saturated carbocycles. The molecule has 1 amide bonds. The quantitative estimate of drug-likeness (QED) is 0.0500. The molecule has 0 saturated heterocycles. The van der Waals surface area contributed by atoms with Gasteiger partial charge in [0, 0.05) is 35.9 Å². The highest BCUT2D eigenvalue weighted by molar-refractivity contribution is 7.86. The van der Waals surface area contributed by atoms with Gasteiger partial charge in [0.05, 0.1) is 12.2 Å². The Hall–Kier alpha value is -4.39. The Kier molecular flexibility index (Phi) is 12.5. The number of nitrogen functional groups attached to an aromatic ring is 1. The van der Waals surface area contributed by atoms with Crippen molar-refractivity contribution in [1.82, 2.24) is 10.3 Å². The maximum Gasteiger partial charge on any atom is 0.295 e. The molecule has 0 unspecified atom stereocenters. The van der Waals surface area contributed by atoms with Gasteiger partial charge in [0.1, 0.15) is 16.5 Å². The van der Waals surface area contributed by atoms with Crippen LogP contribution in [-0.4, -0.2) is 49.1 Å². The third-order valence-corrected chi connectivity index (χ3v) is 8.28. The van der Waals surface area contributed by atoms with Gasteiger partial charge in [-0.3, -0.25) is 18.9 Å². The van der Waals surface area contributed by atoms with Crippen molar-refractivity contribution in [2.24, 2.45) is 11.3 Å². The van der Waals surface area contributed by atoms with Gasteiger partial charge >= 0.3 is 0 Å². The van der Waals surface area contributed by atoms with Crippen molar-refractivity contribution in [2.45, 2.75) is 57.3 Å². The summed E-state index contributed by atoms with van der Waals surface area (Å²) in [5.74, 6) is 6.72. The first kappa shape index (κ1) is 35.1. The first-order valence-electron chi connectivity index (χ1n) is 14.5. The molecule has 1 heterocycles. The number of ketones is 1. The Bertz CT molecular complexity index is 1620. The molecule has 45 heavy (non-hydrogen) atoms. The summed E-state index contributed by atoms with van der Waals surface area (Å²) < 4.78 is 36.0. The van der Waals surface area contributed by atoms with Crippen molar-refractivity contribution >= 4 is 33.9 Å². The minimum atomic E-state index is -4.28. The fraction of sp³-hybridized carbons (Fsp3) is 0.333. The fourth-order valence-corrected chi connectivity index (χ4v) is 5.62. The number of amides is 1. The van der Waals surface area contributed by atoms with Crippen molar-refractivity contribution in [3.63, 3.8) is 0 Å². The van der Waals surface area contributed by atoms with Gasteiger partial charge < -0.3 is 15.5 Å². The van der Waals surface area contributed by atoms with Crippen LogP contribution in [0.2, 0.25) is 0 Å². The van der Waals surface area contributed by atoms with Crippen LogP contribution < -0.4 is 21.3 Å². The van der Waals surface area contributed by atoms with Gasteiger partial charge in [0.25, 0.3) is 16.0 Å².